The molecule has 1 fully saturated rings. The fourth-order valence-corrected chi connectivity index (χ4v) is 2.28. The van der Waals surface area contributed by atoms with Gasteiger partial charge < -0.3 is 4.74 Å². The molecule has 0 bridgehead atoms. The first-order chi connectivity index (χ1) is 11.3. The first-order valence-electron chi connectivity index (χ1n) is 7.29. The Morgan fingerprint density at radius 2 is 1.88 bits per heavy atom. The van der Waals surface area contributed by atoms with E-state index >= 15 is 0 Å². The molecule has 1 saturated carbocycles. The number of hydrogen-bond acceptors (Lipinski definition) is 4. The summed E-state index contributed by atoms with van der Waals surface area (Å²) in [6, 6.07) is 4.07. The minimum Gasteiger partial charge on any atom is -0.461 e. The van der Waals surface area contributed by atoms with Crippen molar-refractivity contribution in [2.75, 3.05) is 6.61 Å². The van der Waals surface area contributed by atoms with E-state index in [1.807, 2.05) is 0 Å². The molecule has 0 N–H and O–H groups in total. The number of carbonyl (C=O) groups is 3. The van der Waals surface area contributed by atoms with Crippen LogP contribution in [0.2, 0.25) is 0 Å². The van der Waals surface area contributed by atoms with Gasteiger partial charge in [0.1, 0.15) is 6.61 Å². The molecule has 0 saturated heterocycles. The Hall–Kier alpha value is -2.44. The lowest BCUT2D eigenvalue weighted by Gasteiger charge is -2.17. The highest BCUT2D eigenvalue weighted by atomic mass is 19.4. The molecule has 0 spiro atoms. The number of halogens is 3. The molecule has 0 aliphatic heterocycles. The molecule has 1 aliphatic carbocycles. The normalized spacial score (nSPS) is 15.5. The maximum absolute atomic E-state index is 13.1. The number of rotatable bonds is 7. The third-order valence-electron chi connectivity index (χ3n) is 3.60. The van der Waals surface area contributed by atoms with E-state index in [1.54, 1.807) is 0 Å². The average molecular weight is 340 g/mol. The quantitative estimate of drug-likeness (QED) is 0.331. The summed E-state index contributed by atoms with van der Waals surface area (Å²) in [4.78, 5) is 36.9. The van der Waals surface area contributed by atoms with E-state index in [0.29, 0.717) is 12.8 Å². The minimum atomic E-state index is -4.77. The number of ketones is 2. The lowest BCUT2D eigenvalue weighted by atomic mass is 9.89. The molecule has 0 radical (unpaired) electrons. The van der Waals surface area contributed by atoms with Crippen LogP contribution in [0.5, 0.6) is 0 Å². The van der Waals surface area contributed by atoms with Gasteiger partial charge in [0.2, 0.25) is 0 Å². The predicted octanol–water partition coefficient (Wildman–Crippen LogP) is 3.21. The molecule has 1 aliphatic rings. The number of carbonyl (C=O) groups excluding carboxylic acids is 3. The van der Waals surface area contributed by atoms with Crippen LogP contribution in [-0.2, 0) is 20.5 Å². The monoisotopic (exact) mass is 340 g/mol. The van der Waals surface area contributed by atoms with Gasteiger partial charge in [-0.3, -0.25) is 14.4 Å². The first-order valence-corrected chi connectivity index (χ1v) is 7.29. The van der Waals surface area contributed by atoms with Crippen LogP contribution in [0, 0.1) is 11.8 Å². The Morgan fingerprint density at radius 3 is 2.42 bits per heavy atom. The summed E-state index contributed by atoms with van der Waals surface area (Å²) >= 11 is 0. The van der Waals surface area contributed by atoms with Crippen LogP contribution >= 0.6 is 0 Å². The van der Waals surface area contributed by atoms with E-state index in [4.69, 9.17) is 4.74 Å². The highest BCUT2D eigenvalue weighted by molar-refractivity contribution is 6.23. The summed E-state index contributed by atoms with van der Waals surface area (Å²) in [6.45, 7) is 3.10. The van der Waals surface area contributed by atoms with Crippen molar-refractivity contribution in [2.45, 2.75) is 19.0 Å². The zero-order chi connectivity index (χ0) is 17.9. The Morgan fingerprint density at radius 1 is 1.25 bits per heavy atom. The standard InChI is InChI=1S/C17H15F3O4/c1-2-9-24-16(23)13(14(21)10-7-8-10)15(22)11-5-3-4-6-12(11)17(18,19)20/h2-6,10,13H,1,7-9H2. The van der Waals surface area contributed by atoms with E-state index in [0.717, 1.165) is 18.2 Å². The van der Waals surface area contributed by atoms with Gasteiger partial charge in [0, 0.05) is 11.5 Å². The number of ether oxygens (including phenoxy) is 1. The molecule has 24 heavy (non-hydrogen) atoms. The summed E-state index contributed by atoms with van der Waals surface area (Å²) < 4.78 is 44.0. The Labute approximate surface area is 136 Å². The van der Waals surface area contributed by atoms with Gasteiger partial charge >= 0.3 is 12.1 Å². The summed E-state index contributed by atoms with van der Waals surface area (Å²) in [5.74, 6) is -5.37. The van der Waals surface area contributed by atoms with Gasteiger partial charge in [-0.25, -0.2) is 0 Å². The summed E-state index contributed by atoms with van der Waals surface area (Å²) in [6.07, 6.45) is -2.51. The van der Waals surface area contributed by atoms with Gasteiger partial charge in [-0.15, -0.1) is 0 Å². The van der Waals surface area contributed by atoms with Gasteiger partial charge in [-0.1, -0.05) is 30.9 Å². The molecule has 4 nitrogen and oxygen atoms in total. The minimum absolute atomic E-state index is 0.235. The van der Waals surface area contributed by atoms with Gasteiger partial charge in [0.05, 0.1) is 5.56 Å². The molecule has 7 heteroatoms. The number of benzene rings is 1. The molecule has 1 aromatic rings. The average Bonchev–Trinajstić information content (AvgIpc) is 3.37. The fourth-order valence-electron chi connectivity index (χ4n) is 2.28. The van der Waals surface area contributed by atoms with Crippen molar-refractivity contribution >= 4 is 17.5 Å². The van der Waals surface area contributed by atoms with Crippen LogP contribution in [0.25, 0.3) is 0 Å². The van der Waals surface area contributed by atoms with E-state index in [2.05, 4.69) is 6.58 Å². The second-order valence-electron chi connectivity index (χ2n) is 5.44. The topological polar surface area (TPSA) is 60.4 Å². The smallest absolute Gasteiger partial charge is 0.417 e. The van der Waals surface area contributed by atoms with Crippen LogP contribution in [-0.4, -0.2) is 24.1 Å². The lowest BCUT2D eigenvalue weighted by Crippen LogP contribution is -2.35. The summed E-state index contributed by atoms with van der Waals surface area (Å²) in [5, 5.41) is 0. The molecular weight excluding hydrogens is 325 g/mol. The van der Waals surface area contributed by atoms with E-state index < -0.39 is 46.7 Å². The first kappa shape index (κ1) is 17.9. The lowest BCUT2D eigenvalue weighted by molar-refractivity contribution is -0.149. The Kier molecular flexibility index (Phi) is 5.21. The molecule has 0 heterocycles. The van der Waals surface area contributed by atoms with Crippen molar-refractivity contribution in [1.82, 2.24) is 0 Å². The summed E-state index contributed by atoms with van der Waals surface area (Å²) in [7, 11) is 0. The van der Waals surface area contributed by atoms with Gasteiger partial charge in [0.25, 0.3) is 0 Å². The zero-order valence-corrected chi connectivity index (χ0v) is 12.6. The van der Waals surface area contributed by atoms with Crippen molar-refractivity contribution in [3.8, 4) is 0 Å². The number of hydrogen-bond donors (Lipinski definition) is 0. The number of Topliss-reactive ketones (excluding diaryl/α,β-unsaturated/α-hetero) is 2. The van der Waals surface area contributed by atoms with Crippen molar-refractivity contribution in [3.63, 3.8) is 0 Å². The van der Waals surface area contributed by atoms with Gasteiger partial charge in [0.15, 0.2) is 17.5 Å². The Bertz CT molecular complexity index is 675. The predicted molar refractivity (Wildman–Crippen MR) is 78.2 cm³/mol. The van der Waals surface area contributed by atoms with Crippen LogP contribution in [0.4, 0.5) is 13.2 Å². The molecule has 1 atom stereocenters. The Balaban J connectivity index is 2.39. The number of alkyl halides is 3. The van der Waals surface area contributed by atoms with E-state index in [9.17, 15) is 27.6 Å². The third kappa shape index (κ3) is 3.90. The molecule has 0 amide bonds. The maximum atomic E-state index is 13.1. The maximum Gasteiger partial charge on any atom is 0.417 e. The molecule has 128 valence electrons. The summed E-state index contributed by atoms with van der Waals surface area (Å²) in [5.41, 5.74) is -1.89. The SMILES string of the molecule is C=CCOC(=O)C(C(=O)c1ccccc1C(F)(F)F)C(=O)C1CC1. The van der Waals surface area contributed by atoms with Crippen LogP contribution < -0.4 is 0 Å². The second-order valence-corrected chi connectivity index (χ2v) is 5.44. The highest BCUT2D eigenvalue weighted by Crippen LogP contribution is 2.36. The van der Waals surface area contributed by atoms with Crippen molar-refractivity contribution in [3.05, 3.63) is 48.0 Å². The van der Waals surface area contributed by atoms with Gasteiger partial charge in [-0.05, 0) is 18.9 Å². The van der Waals surface area contributed by atoms with Crippen LogP contribution in [0.15, 0.2) is 36.9 Å². The molecule has 2 rings (SSSR count). The number of esters is 1. The van der Waals surface area contributed by atoms with Gasteiger partial charge in [-0.2, -0.15) is 13.2 Å². The van der Waals surface area contributed by atoms with E-state index in [1.165, 1.54) is 12.1 Å². The van der Waals surface area contributed by atoms with Crippen molar-refractivity contribution in [2.24, 2.45) is 11.8 Å². The largest absolute Gasteiger partial charge is 0.461 e. The van der Waals surface area contributed by atoms with Crippen molar-refractivity contribution < 1.29 is 32.3 Å². The zero-order valence-electron chi connectivity index (χ0n) is 12.6. The molecule has 0 aromatic heterocycles. The van der Waals surface area contributed by atoms with Crippen LogP contribution in [0.3, 0.4) is 0 Å². The second kappa shape index (κ2) is 6.98. The highest BCUT2D eigenvalue weighted by Gasteiger charge is 2.45. The third-order valence-corrected chi connectivity index (χ3v) is 3.60. The molecule has 1 unspecified atom stereocenters. The van der Waals surface area contributed by atoms with Crippen LogP contribution in [0.1, 0.15) is 28.8 Å². The van der Waals surface area contributed by atoms with Crippen molar-refractivity contribution in [1.29, 1.82) is 0 Å². The molecule has 1 aromatic carbocycles. The molecular formula is C17H15F3O4. The fraction of sp³-hybridized carbons (Fsp3) is 0.353. The van der Waals surface area contributed by atoms with E-state index in [-0.39, 0.29) is 6.61 Å².